The van der Waals surface area contributed by atoms with Gasteiger partial charge < -0.3 is 9.47 Å². The van der Waals surface area contributed by atoms with Gasteiger partial charge in [0.15, 0.2) is 34.9 Å². The van der Waals surface area contributed by atoms with E-state index < -0.39 is 94.9 Å². The van der Waals surface area contributed by atoms with Crippen LogP contribution in [0.2, 0.25) is 0 Å². The summed E-state index contributed by atoms with van der Waals surface area (Å²) in [7, 11) is 0. The predicted molar refractivity (Wildman–Crippen MR) is 130 cm³/mol. The van der Waals surface area contributed by atoms with Gasteiger partial charge >= 0.3 is 11.9 Å². The van der Waals surface area contributed by atoms with Gasteiger partial charge in [-0.3, -0.25) is 0 Å². The van der Waals surface area contributed by atoms with Crippen LogP contribution >= 0.6 is 0 Å². The lowest BCUT2D eigenvalue weighted by molar-refractivity contribution is 0.0260. The van der Waals surface area contributed by atoms with Gasteiger partial charge in [-0.1, -0.05) is 55.4 Å². The summed E-state index contributed by atoms with van der Waals surface area (Å²) >= 11 is 0. The smallest absolute Gasteiger partial charge is 0.339 e. The van der Waals surface area contributed by atoms with Crippen LogP contribution < -0.4 is 0 Å². The Labute approximate surface area is 218 Å². The van der Waals surface area contributed by atoms with Crippen LogP contribution in [0.5, 0.6) is 0 Å². The molecular formula is C28H32F6O4. The van der Waals surface area contributed by atoms with Gasteiger partial charge in [0.2, 0.25) is 0 Å². The van der Waals surface area contributed by atoms with Crippen molar-refractivity contribution in [1.29, 1.82) is 0 Å². The number of carbonyl (C=O) groups is 2. The quantitative estimate of drug-likeness (QED) is 0.138. The van der Waals surface area contributed by atoms with Gasteiger partial charge in [-0.2, -0.15) is 0 Å². The number of hydrogen-bond acceptors (Lipinski definition) is 4. The Morgan fingerprint density at radius 3 is 0.868 bits per heavy atom. The van der Waals surface area contributed by atoms with E-state index in [-0.39, 0.29) is 22.3 Å². The van der Waals surface area contributed by atoms with Crippen LogP contribution in [0.1, 0.15) is 122 Å². The lowest BCUT2D eigenvalue weighted by Crippen LogP contribution is -2.22. The molecule has 0 spiro atoms. The zero-order valence-corrected chi connectivity index (χ0v) is 22.6. The molecule has 0 radical (unpaired) electrons. The van der Waals surface area contributed by atoms with Crippen LogP contribution in [-0.4, -0.2) is 25.2 Å². The predicted octanol–water partition coefficient (Wildman–Crippen LogP) is 8.03. The Balaban J connectivity index is 2.35. The maximum Gasteiger partial charge on any atom is 0.339 e. The summed E-state index contributed by atoms with van der Waals surface area (Å²) in [6.45, 7) is 10.8. The number of esters is 2. The summed E-state index contributed by atoms with van der Waals surface area (Å²) in [5, 5.41) is 0. The fourth-order valence-electron chi connectivity index (χ4n) is 4.42. The molecule has 2 aromatic rings. The standard InChI is InChI=1S/C28H32F6O4/c1-11(2)15-19(16(12(3)4)22(30)25(33)21(15)29)27(35)37-9-10-38-28(36)20-17(13(5)6)23(31)26(34)24(32)18(20)14(7)8/h11-14H,9-10H2,1-8H3. The third kappa shape index (κ3) is 5.83. The monoisotopic (exact) mass is 546 g/mol. The van der Waals surface area contributed by atoms with Gasteiger partial charge in [-0.15, -0.1) is 0 Å². The molecule has 10 heteroatoms. The van der Waals surface area contributed by atoms with E-state index in [0.717, 1.165) is 0 Å². The summed E-state index contributed by atoms with van der Waals surface area (Å²) in [4.78, 5) is 25.8. The van der Waals surface area contributed by atoms with Gasteiger partial charge in [-0.05, 0) is 23.7 Å². The first kappa shape index (κ1) is 31.2. The van der Waals surface area contributed by atoms with Crippen LogP contribution in [0.3, 0.4) is 0 Å². The molecule has 4 nitrogen and oxygen atoms in total. The van der Waals surface area contributed by atoms with E-state index in [0.29, 0.717) is 0 Å². The summed E-state index contributed by atoms with van der Waals surface area (Å²) < 4.78 is 96.9. The number of halogens is 6. The van der Waals surface area contributed by atoms with Crippen LogP contribution in [0.4, 0.5) is 26.3 Å². The number of benzene rings is 2. The van der Waals surface area contributed by atoms with Crippen molar-refractivity contribution in [3.05, 3.63) is 68.3 Å². The first-order chi connectivity index (χ1) is 17.6. The van der Waals surface area contributed by atoms with E-state index in [9.17, 15) is 35.9 Å². The minimum atomic E-state index is -1.69. The fraction of sp³-hybridized carbons (Fsp3) is 0.500. The van der Waals surface area contributed by atoms with Crippen molar-refractivity contribution in [2.24, 2.45) is 0 Å². The Hall–Kier alpha value is -3.04. The summed E-state index contributed by atoms with van der Waals surface area (Å²) in [5.74, 6) is -14.5. The third-order valence-corrected chi connectivity index (χ3v) is 6.06. The van der Waals surface area contributed by atoms with Gasteiger partial charge in [0.05, 0.1) is 11.1 Å². The van der Waals surface area contributed by atoms with Crippen molar-refractivity contribution >= 4 is 11.9 Å². The summed E-state index contributed by atoms with van der Waals surface area (Å²) in [5.41, 5.74) is -2.32. The second kappa shape index (κ2) is 12.2. The zero-order valence-electron chi connectivity index (χ0n) is 22.6. The maximum absolute atomic E-state index is 14.6. The molecular weight excluding hydrogens is 514 g/mol. The molecule has 0 atom stereocenters. The lowest BCUT2D eigenvalue weighted by Gasteiger charge is -2.21. The first-order valence-electron chi connectivity index (χ1n) is 12.3. The molecule has 0 bridgehead atoms. The molecule has 0 aliphatic heterocycles. The van der Waals surface area contributed by atoms with E-state index in [1.54, 1.807) is 0 Å². The maximum atomic E-state index is 14.6. The highest BCUT2D eigenvalue weighted by molar-refractivity contribution is 5.94. The molecule has 0 heterocycles. The normalized spacial score (nSPS) is 11.7. The van der Waals surface area contributed by atoms with Gasteiger partial charge in [-0.25, -0.2) is 35.9 Å². The second-order valence-corrected chi connectivity index (χ2v) is 10.2. The van der Waals surface area contributed by atoms with E-state index in [1.165, 1.54) is 55.4 Å². The van der Waals surface area contributed by atoms with E-state index >= 15 is 0 Å². The molecule has 2 aromatic carbocycles. The first-order valence-corrected chi connectivity index (χ1v) is 12.3. The molecule has 0 aliphatic carbocycles. The average molecular weight is 547 g/mol. The largest absolute Gasteiger partial charge is 0.458 e. The van der Waals surface area contributed by atoms with Gasteiger partial charge in [0, 0.05) is 22.3 Å². The Kier molecular flexibility index (Phi) is 10.0. The van der Waals surface area contributed by atoms with Crippen LogP contribution in [0, 0.1) is 34.9 Å². The highest BCUT2D eigenvalue weighted by atomic mass is 19.2. The van der Waals surface area contributed by atoms with Gasteiger partial charge in [0.25, 0.3) is 0 Å². The number of rotatable bonds is 9. The fourth-order valence-corrected chi connectivity index (χ4v) is 4.42. The number of ether oxygens (including phenoxy) is 2. The van der Waals surface area contributed by atoms with Crippen molar-refractivity contribution in [3.63, 3.8) is 0 Å². The highest BCUT2D eigenvalue weighted by Gasteiger charge is 2.33. The van der Waals surface area contributed by atoms with Crippen molar-refractivity contribution < 1.29 is 45.4 Å². The van der Waals surface area contributed by atoms with Crippen molar-refractivity contribution in [2.45, 2.75) is 79.1 Å². The molecule has 0 amide bonds. The molecule has 0 saturated heterocycles. The molecule has 0 aliphatic rings. The molecule has 2 rings (SSSR count). The van der Waals surface area contributed by atoms with Crippen molar-refractivity contribution in [1.82, 2.24) is 0 Å². The zero-order chi connectivity index (χ0) is 29.2. The summed E-state index contributed by atoms with van der Waals surface area (Å²) in [6, 6.07) is 0. The van der Waals surface area contributed by atoms with Crippen LogP contribution in [0.15, 0.2) is 0 Å². The molecule has 0 N–H and O–H groups in total. The number of carbonyl (C=O) groups excluding carboxylic acids is 2. The Morgan fingerprint density at radius 1 is 0.474 bits per heavy atom. The number of hydrogen-bond donors (Lipinski definition) is 0. The minimum absolute atomic E-state index is 0.352. The average Bonchev–Trinajstić information content (AvgIpc) is 2.81. The third-order valence-electron chi connectivity index (χ3n) is 6.06. The van der Waals surface area contributed by atoms with Crippen molar-refractivity contribution in [3.8, 4) is 0 Å². The molecule has 0 aromatic heterocycles. The summed E-state index contributed by atoms with van der Waals surface area (Å²) in [6.07, 6.45) is 0. The molecule has 0 saturated carbocycles. The van der Waals surface area contributed by atoms with Crippen LogP contribution in [0.25, 0.3) is 0 Å². The van der Waals surface area contributed by atoms with E-state index in [2.05, 4.69) is 0 Å². The van der Waals surface area contributed by atoms with Crippen LogP contribution in [-0.2, 0) is 9.47 Å². The van der Waals surface area contributed by atoms with Gasteiger partial charge in [0.1, 0.15) is 13.2 Å². The molecule has 0 fully saturated rings. The Bertz CT molecular complexity index is 1070. The van der Waals surface area contributed by atoms with E-state index in [4.69, 9.17) is 9.47 Å². The molecule has 38 heavy (non-hydrogen) atoms. The highest BCUT2D eigenvalue weighted by Crippen LogP contribution is 2.36. The topological polar surface area (TPSA) is 52.6 Å². The van der Waals surface area contributed by atoms with E-state index in [1.807, 2.05) is 0 Å². The SMILES string of the molecule is CC(C)c1c(F)c(F)c(F)c(C(C)C)c1C(=O)OCCOC(=O)c1c(C(C)C)c(F)c(F)c(F)c1C(C)C. The second-order valence-electron chi connectivity index (χ2n) is 10.2. The minimum Gasteiger partial charge on any atom is -0.458 e. The Morgan fingerprint density at radius 2 is 0.684 bits per heavy atom. The van der Waals surface area contributed by atoms with Crippen molar-refractivity contribution in [2.75, 3.05) is 13.2 Å². The lowest BCUT2D eigenvalue weighted by atomic mass is 9.87. The molecule has 0 unspecified atom stereocenters. The molecule has 210 valence electrons.